The summed E-state index contributed by atoms with van der Waals surface area (Å²) in [6, 6.07) is 12.7. The molecule has 2 aromatic carbocycles. The van der Waals surface area contributed by atoms with E-state index in [2.05, 4.69) is 15.6 Å². The Balaban J connectivity index is 1.61. The number of rotatable bonds is 5. The van der Waals surface area contributed by atoms with E-state index in [4.69, 9.17) is 0 Å². The SMILES string of the molecule is Cc1nc2ccc(NCC(=O)Nc3cccc(C(=O)N(C)C)c3)cc2s1. The summed E-state index contributed by atoms with van der Waals surface area (Å²) in [5, 5.41) is 6.93. The maximum Gasteiger partial charge on any atom is 0.253 e. The summed E-state index contributed by atoms with van der Waals surface area (Å²) in [7, 11) is 3.39. The molecular formula is C19H20N4O2S. The van der Waals surface area contributed by atoms with Gasteiger partial charge in [-0.15, -0.1) is 11.3 Å². The van der Waals surface area contributed by atoms with Gasteiger partial charge in [0.05, 0.1) is 21.8 Å². The maximum absolute atomic E-state index is 12.2. The molecule has 0 aliphatic carbocycles. The smallest absolute Gasteiger partial charge is 0.253 e. The number of nitrogens with one attached hydrogen (secondary N) is 2. The molecule has 0 radical (unpaired) electrons. The molecule has 0 saturated heterocycles. The van der Waals surface area contributed by atoms with Crippen LogP contribution >= 0.6 is 11.3 Å². The van der Waals surface area contributed by atoms with Gasteiger partial charge in [0, 0.05) is 31.0 Å². The van der Waals surface area contributed by atoms with Gasteiger partial charge in [0.25, 0.3) is 5.91 Å². The molecule has 3 rings (SSSR count). The first kappa shape index (κ1) is 17.9. The van der Waals surface area contributed by atoms with Crippen molar-refractivity contribution in [1.29, 1.82) is 0 Å². The summed E-state index contributed by atoms with van der Waals surface area (Å²) in [5.74, 6) is -0.285. The fraction of sp³-hybridized carbons (Fsp3) is 0.211. The number of amides is 2. The van der Waals surface area contributed by atoms with Crippen molar-refractivity contribution in [2.24, 2.45) is 0 Å². The molecule has 2 N–H and O–H groups in total. The maximum atomic E-state index is 12.2. The molecule has 3 aromatic rings. The molecule has 0 saturated carbocycles. The number of carbonyl (C=O) groups is 2. The van der Waals surface area contributed by atoms with Crippen LogP contribution in [0, 0.1) is 6.92 Å². The highest BCUT2D eigenvalue weighted by molar-refractivity contribution is 7.18. The van der Waals surface area contributed by atoms with Crippen molar-refractivity contribution in [2.45, 2.75) is 6.92 Å². The van der Waals surface area contributed by atoms with Crippen LogP contribution in [0.25, 0.3) is 10.2 Å². The summed E-state index contributed by atoms with van der Waals surface area (Å²) >= 11 is 1.62. The van der Waals surface area contributed by atoms with E-state index in [1.54, 1.807) is 49.7 Å². The van der Waals surface area contributed by atoms with E-state index >= 15 is 0 Å². The lowest BCUT2D eigenvalue weighted by Crippen LogP contribution is -2.23. The van der Waals surface area contributed by atoms with E-state index in [9.17, 15) is 9.59 Å². The van der Waals surface area contributed by atoms with Crippen LogP contribution in [-0.4, -0.2) is 42.3 Å². The third-order valence-corrected chi connectivity index (χ3v) is 4.68. The number of benzene rings is 2. The largest absolute Gasteiger partial charge is 0.376 e. The Bertz CT molecular complexity index is 965. The molecule has 1 aromatic heterocycles. The number of nitrogens with zero attached hydrogens (tertiary/aromatic N) is 2. The van der Waals surface area contributed by atoms with Gasteiger partial charge in [-0.05, 0) is 43.3 Å². The van der Waals surface area contributed by atoms with Crippen LogP contribution in [-0.2, 0) is 4.79 Å². The number of fused-ring (bicyclic) bond motifs is 1. The van der Waals surface area contributed by atoms with E-state index in [0.29, 0.717) is 11.3 Å². The molecule has 0 aliphatic heterocycles. The molecule has 6 nitrogen and oxygen atoms in total. The van der Waals surface area contributed by atoms with E-state index in [1.165, 1.54) is 4.90 Å². The molecule has 2 amide bonds. The third-order valence-electron chi connectivity index (χ3n) is 3.75. The Morgan fingerprint density at radius 3 is 2.69 bits per heavy atom. The van der Waals surface area contributed by atoms with Crippen molar-refractivity contribution >= 4 is 44.7 Å². The Morgan fingerprint density at radius 1 is 1.12 bits per heavy atom. The molecular weight excluding hydrogens is 348 g/mol. The number of hydrogen-bond donors (Lipinski definition) is 2. The number of carbonyl (C=O) groups excluding carboxylic acids is 2. The first-order valence-corrected chi connectivity index (χ1v) is 8.96. The predicted octanol–water partition coefficient (Wildman–Crippen LogP) is 3.36. The summed E-state index contributed by atoms with van der Waals surface area (Å²) in [4.78, 5) is 30.1. The molecule has 0 fully saturated rings. The summed E-state index contributed by atoms with van der Waals surface area (Å²) in [6.45, 7) is 2.11. The average Bonchev–Trinajstić information content (AvgIpc) is 2.98. The minimum atomic E-state index is -0.181. The molecule has 0 spiro atoms. The quantitative estimate of drug-likeness (QED) is 0.724. The summed E-state index contributed by atoms with van der Waals surface area (Å²) in [6.07, 6.45) is 0. The zero-order chi connectivity index (χ0) is 18.7. The highest BCUT2D eigenvalue weighted by Gasteiger charge is 2.10. The fourth-order valence-electron chi connectivity index (χ4n) is 2.53. The minimum absolute atomic E-state index is 0.104. The Hall–Kier alpha value is -2.93. The second-order valence-corrected chi connectivity index (χ2v) is 7.33. The minimum Gasteiger partial charge on any atom is -0.376 e. The van der Waals surface area contributed by atoms with Crippen LogP contribution in [0.5, 0.6) is 0 Å². The third kappa shape index (κ3) is 4.18. The number of aryl methyl sites for hydroxylation is 1. The van der Waals surface area contributed by atoms with E-state index in [-0.39, 0.29) is 18.4 Å². The monoisotopic (exact) mass is 368 g/mol. The number of thiazole rings is 1. The predicted molar refractivity (Wildman–Crippen MR) is 106 cm³/mol. The van der Waals surface area contributed by atoms with Gasteiger partial charge in [0.15, 0.2) is 0 Å². The van der Waals surface area contributed by atoms with Crippen LogP contribution in [0.4, 0.5) is 11.4 Å². The molecule has 7 heteroatoms. The van der Waals surface area contributed by atoms with Crippen molar-refractivity contribution < 1.29 is 9.59 Å². The second-order valence-electron chi connectivity index (χ2n) is 6.10. The normalized spacial score (nSPS) is 10.6. The molecule has 0 atom stereocenters. The molecule has 26 heavy (non-hydrogen) atoms. The van der Waals surface area contributed by atoms with Gasteiger partial charge in [-0.1, -0.05) is 6.07 Å². The van der Waals surface area contributed by atoms with Gasteiger partial charge in [-0.3, -0.25) is 9.59 Å². The van der Waals surface area contributed by atoms with Crippen molar-refractivity contribution in [3.63, 3.8) is 0 Å². The highest BCUT2D eigenvalue weighted by Crippen LogP contribution is 2.24. The van der Waals surface area contributed by atoms with Crippen LogP contribution in [0.2, 0.25) is 0 Å². The van der Waals surface area contributed by atoms with Crippen LogP contribution in [0.3, 0.4) is 0 Å². The van der Waals surface area contributed by atoms with Crippen molar-refractivity contribution in [3.05, 3.63) is 53.0 Å². The van der Waals surface area contributed by atoms with E-state index < -0.39 is 0 Å². The van der Waals surface area contributed by atoms with Gasteiger partial charge < -0.3 is 15.5 Å². The average molecular weight is 368 g/mol. The van der Waals surface area contributed by atoms with Crippen LogP contribution in [0.1, 0.15) is 15.4 Å². The summed E-state index contributed by atoms with van der Waals surface area (Å²) < 4.78 is 1.09. The van der Waals surface area contributed by atoms with E-state index in [0.717, 1.165) is 20.9 Å². The van der Waals surface area contributed by atoms with Crippen molar-refractivity contribution in [2.75, 3.05) is 31.3 Å². The Morgan fingerprint density at radius 2 is 1.92 bits per heavy atom. The lowest BCUT2D eigenvalue weighted by molar-refractivity contribution is -0.114. The van der Waals surface area contributed by atoms with Crippen LogP contribution in [0.15, 0.2) is 42.5 Å². The summed E-state index contributed by atoms with van der Waals surface area (Å²) in [5.41, 5.74) is 2.96. The number of anilines is 2. The topological polar surface area (TPSA) is 74.3 Å². The van der Waals surface area contributed by atoms with Gasteiger partial charge in [0.2, 0.25) is 5.91 Å². The first-order valence-electron chi connectivity index (χ1n) is 8.15. The standard InChI is InChI=1S/C19H20N4O2S/c1-12-21-16-8-7-14(10-17(16)26-12)20-11-18(24)22-15-6-4-5-13(9-15)19(25)23(2)3/h4-10,20H,11H2,1-3H3,(H,22,24). The Kier molecular flexibility index (Phi) is 5.18. The molecule has 134 valence electrons. The fourth-order valence-corrected chi connectivity index (χ4v) is 3.39. The number of aromatic nitrogens is 1. The van der Waals surface area contributed by atoms with Crippen LogP contribution < -0.4 is 10.6 Å². The molecule has 0 aliphatic rings. The van der Waals surface area contributed by atoms with Gasteiger partial charge in [0.1, 0.15) is 0 Å². The molecule has 0 bridgehead atoms. The van der Waals surface area contributed by atoms with E-state index in [1.807, 2.05) is 25.1 Å². The molecule has 0 unspecified atom stereocenters. The van der Waals surface area contributed by atoms with Gasteiger partial charge in [-0.2, -0.15) is 0 Å². The lowest BCUT2D eigenvalue weighted by atomic mass is 10.2. The van der Waals surface area contributed by atoms with Gasteiger partial charge >= 0.3 is 0 Å². The van der Waals surface area contributed by atoms with Crippen molar-refractivity contribution in [3.8, 4) is 0 Å². The Labute approximate surface area is 155 Å². The zero-order valence-corrected chi connectivity index (χ0v) is 15.7. The van der Waals surface area contributed by atoms with Gasteiger partial charge in [-0.25, -0.2) is 4.98 Å². The highest BCUT2D eigenvalue weighted by atomic mass is 32.1. The second kappa shape index (κ2) is 7.53. The number of hydrogen-bond acceptors (Lipinski definition) is 5. The lowest BCUT2D eigenvalue weighted by Gasteiger charge is -2.12. The molecule has 1 heterocycles. The van der Waals surface area contributed by atoms with Crippen molar-refractivity contribution in [1.82, 2.24) is 9.88 Å². The first-order chi connectivity index (χ1) is 12.4. The zero-order valence-electron chi connectivity index (χ0n) is 14.9.